The van der Waals surface area contributed by atoms with Gasteiger partial charge >= 0.3 is 0 Å². The summed E-state index contributed by atoms with van der Waals surface area (Å²) in [6, 6.07) is 3.00. The molecular weight excluding hydrogens is 310 g/mol. The Bertz CT molecular complexity index is 596. The van der Waals surface area contributed by atoms with Crippen molar-refractivity contribution in [3.63, 3.8) is 0 Å². The van der Waals surface area contributed by atoms with Gasteiger partial charge in [0.1, 0.15) is 9.88 Å². The summed E-state index contributed by atoms with van der Waals surface area (Å²) in [7, 11) is -3.57. The molecule has 0 amide bonds. The lowest BCUT2D eigenvalue weighted by atomic mass is 10.2. The second kappa shape index (κ2) is 6.78. The molecule has 2 rings (SSSR count). The van der Waals surface area contributed by atoms with E-state index in [1.54, 1.807) is 0 Å². The van der Waals surface area contributed by atoms with Gasteiger partial charge in [0.15, 0.2) is 0 Å². The fourth-order valence-electron chi connectivity index (χ4n) is 2.24. The Balaban J connectivity index is 2.19. The van der Waals surface area contributed by atoms with Crippen molar-refractivity contribution in [3.8, 4) is 0 Å². The summed E-state index contributed by atoms with van der Waals surface area (Å²) in [5.74, 6) is 0. The average molecular weight is 329 g/mol. The van der Waals surface area contributed by atoms with Crippen LogP contribution in [0.4, 0.5) is 0 Å². The second-order valence-electron chi connectivity index (χ2n) is 4.83. The molecule has 0 saturated carbocycles. The van der Waals surface area contributed by atoms with E-state index in [4.69, 9.17) is 22.7 Å². The molecule has 0 spiro atoms. The monoisotopic (exact) mass is 329 g/mol. The minimum Gasteiger partial charge on any atom is -0.388 e. The highest BCUT2D eigenvalue weighted by atomic mass is 32.2. The Labute approximate surface area is 130 Å². The van der Waals surface area contributed by atoms with Gasteiger partial charge in [0.05, 0.1) is 11.8 Å². The molecule has 1 fully saturated rings. The molecule has 2 heterocycles. The maximum atomic E-state index is 12.6. The SMILES string of the molecule is CCN(CC1CCCO1)S(=O)(=O)c1ccc(C(N)=S)nc1. The molecule has 1 saturated heterocycles. The molecule has 6 nitrogen and oxygen atoms in total. The third kappa shape index (κ3) is 3.76. The van der Waals surface area contributed by atoms with E-state index >= 15 is 0 Å². The summed E-state index contributed by atoms with van der Waals surface area (Å²) in [5.41, 5.74) is 5.87. The van der Waals surface area contributed by atoms with Crippen LogP contribution in [0.1, 0.15) is 25.5 Å². The van der Waals surface area contributed by atoms with Crippen LogP contribution in [0.15, 0.2) is 23.2 Å². The number of aromatic nitrogens is 1. The maximum Gasteiger partial charge on any atom is 0.244 e. The normalized spacial score (nSPS) is 19.0. The molecule has 1 aromatic rings. The van der Waals surface area contributed by atoms with Crippen molar-refractivity contribution >= 4 is 27.2 Å². The Morgan fingerprint density at radius 1 is 1.57 bits per heavy atom. The van der Waals surface area contributed by atoms with Crippen molar-refractivity contribution in [1.82, 2.24) is 9.29 Å². The van der Waals surface area contributed by atoms with Gasteiger partial charge in [0.2, 0.25) is 10.0 Å². The van der Waals surface area contributed by atoms with E-state index in [0.717, 1.165) is 12.8 Å². The zero-order valence-corrected chi connectivity index (χ0v) is 13.5. The Morgan fingerprint density at radius 2 is 2.33 bits per heavy atom. The van der Waals surface area contributed by atoms with Crippen LogP contribution in [0.5, 0.6) is 0 Å². The molecule has 1 unspecified atom stereocenters. The van der Waals surface area contributed by atoms with Gasteiger partial charge < -0.3 is 10.5 Å². The van der Waals surface area contributed by atoms with E-state index in [0.29, 0.717) is 25.4 Å². The number of sulfonamides is 1. The molecule has 8 heteroatoms. The first kappa shape index (κ1) is 16.3. The summed E-state index contributed by atoms with van der Waals surface area (Å²) >= 11 is 4.81. The summed E-state index contributed by atoms with van der Waals surface area (Å²) in [4.78, 5) is 4.27. The number of likely N-dealkylation sites (N-methyl/N-ethyl adjacent to an activating group) is 1. The zero-order chi connectivity index (χ0) is 15.5. The maximum absolute atomic E-state index is 12.6. The van der Waals surface area contributed by atoms with Crippen LogP contribution in [0, 0.1) is 0 Å². The van der Waals surface area contributed by atoms with Crippen molar-refractivity contribution in [2.75, 3.05) is 19.7 Å². The van der Waals surface area contributed by atoms with Gasteiger partial charge in [-0.2, -0.15) is 4.31 Å². The fourth-order valence-corrected chi connectivity index (χ4v) is 3.79. The first-order valence-corrected chi connectivity index (χ1v) is 8.67. The van der Waals surface area contributed by atoms with Crippen LogP contribution in [-0.4, -0.2) is 48.5 Å². The summed E-state index contributed by atoms with van der Waals surface area (Å²) < 4.78 is 32.1. The van der Waals surface area contributed by atoms with E-state index < -0.39 is 10.0 Å². The molecule has 0 radical (unpaired) electrons. The molecule has 0 bridgehead atoms. The fraction of sp³-hybridized carbons (Fsp3) is 0.538. The highest BCUT2D eigenvalue weighted by Gasteiger charge is 2.28. The van der Waals surface area contributed by atoms with Gasteiger partial charge in [-0.05, 0) is 25.0 Å². The van der Waals surface area contributed by atoms with Gasteiger partial charge in [0, 0.05) is 25.9 Å². The van der Waals surface area contributed by atoms with Crippen LogP contribution in [0.25, 0.3) is 0 Å². The molecule has 0 aromatic carbocycles. The topological polar surface area (TPSA) is 85.5 Å². The predicted molar refractivity (Wildman–Crippen MR) is 83.5 cm³/mol. The van der Waals surface area contributed by atoms with E-state index in [1.165, 1.54) is 22.6 Å². The number of nitrogens with two attached hydrogens (primary N) is 1. The zero-order valence-electron chi connectivity index (χ0n) is 11.9. The Morgan fingerprint density at radius 3 is 2.81 bits per heavy atom. The number of hydrogen-bond acceptors (Lipinski definition) is 5. The molecule has 21 heavy (non-hydrogen) atoms. The molecule has 1 atom stereocenters. The van der Waals surface area contributed by atoms with E-state index in [2.05, 4.69) is 4.98 Å². The van der Waals surface area contributed by atoms with Gasteiger partial charge in [-0.1, -0.05) is 19.1 Å². The number of nitrogens with zero attached hydrogens (tertiary/aromatic N) is 2. The Hall–Kier alpha value is -1.09. The first-order chi connectivity index (χ1) is 9.95. The van der Waals surface area contributed by atoms with Crippen molar-refractivity contribution in [2.45, 2.75) is 30.8 Å². The van der Waals surface area contributed by atoms with Crippen LogP contribution < -0.4 is 5.73 Å². The second-order valence-corrected chi connectivity index (χ2v) is 7.21. The first-order valence-electron chi connectivity index (χ1n) is 6.82. The number of ether oxygens (including phenoxy) is 1. The third-order valence-electron chi connectivity index (χ3n) is 3.41. The van der Waals surface area contributed by atoms with E-state index in [1.807, 2.05) is 6.92 Å². The van der Waals surface area contributed by atoms with Gasteiger partial charge in [-0.15, -0.1) is 0 Å². The average Bonchev–Trinajstić information content (AvgIpc) is 2.97. The summed E-state index contributed by atoms with van der Waals surface area (Å²) in [6.45, 7) is 3.27. The van der Waals surface area contributed by atoms with Crippen LogP contribution in [-0.2, 0) is 14.8 Å². The minimum atomic E-state index is -3.57. The number of pyridine rings is 1. The molecule has 116 valence electrons. The Kier molecular flexibility index (Phi) is 5.26. The van der Waals surface area contributed by atoms with Crippen molar-refractivity contribution in [3.05, 3.63) is 24.0 Å². The molecule has 1 aromatic heterocycles. The lowest BCUT2D eigenvalue weighted by Gasteiger charge is -2.23. The quantitative estimate of drug-likeness (QED) is 0.781. The van der Waals surface area contributed by atoms with E-state index in [9.17, 15) is 8.42 Å². The molecule has 1 aliphatic rings. The van der Waals surface area contributed by atoms with Gasteiger partial charge in [0.25, 0.3) is 0 Å². The lowest BCUT2D eigenvalue weighted by molar-refractivity contribution is 0.0947. The van der Waals surface area contributed by atoms with Gasteiger partial charge in [-0.3, -0.25) is 4.98 Å². The number of hydrogen-bond donors (Lipinski definition) is 1. The molecular formula is C13H19N3O3S2. The molecule has 1 aliphatic heterocycles. The predicted octanol–water partition coefficient (Wildman–Crippen LogP) is 0.905. The largest absolute Gasteiger partial charge is 0.388 e. The standard InChI is InChI=1S/C13H19N3O3S2/c1-2-16(9-10-4-3-7-19-10)21(17,18)11-5-6-12(13(14)20)15-8-11/h5-6,8,10H,2-4,7,9H2,1H3,(H2,14,20). The van der Waals surface area contributed by atoms with Gasteiger partial charge in [-0.25, -0.2) is 8.42 Å². The molecule has 0 aliphatic carbocycles. The highest BCUT2D eigenvalue weighted by molar-refractivity contribution is 7.89. The smallest absolute Gasteiger partial charge is 0.244 e. The van der Waals surface area contributed by atoms with Crippen molar-refractivity contribution in [1.29, 1.82) is 0 Å². The molecule has 2 N–H and O–H groups in total. The van der Waals surface area contributed by atoms with Crippen LogP contribution >= 0.6 is 12.2 Å². The van der Waals surface area contributed by atoms with E-state index in [-0.39, 0.29) is 16.0 Å². The summed E-state index contributed by atoms with van der Waals surface area (Å²) in [6.07, 6.45) is 3.14. The van der Waals surface area contributed by atoms with Crippen LogP contribution in [0.3, 0.4) is 0 Å². The minimum absolute atomic E-state index is 0.0245. The van der Waals surface area contributed by atoms with Crippen molar-refractivity contribution in [2.24, 2.45) is 5.73 Å². The van der Waals surface area contributed by atoms with Crippen molar-refractivity contribution < 1.29 is 13.2 Å². The van der Waals surface area contributed by atoms with Crippen LogP contribution in [0.2, 0.25) is 0 Å². The number of thiocarbonyl (C=S) groups is 1. The highest BCUT2D eigenvalue weighted by Crippen LogP contribution is 2.19. The third-order valence-corrected chi connectivity index (χ3v) is 5.54. The summed E-state index contributed by atoms with van der Waals surface area (Å²) in [5, 5.41) is 0. The lowest BCUT2D eigenvalue weighted by Crippen LogP contribution is -2.37. The number of rotatable bonds is 6.